The molecule has 0 aliphatic rings. The van der Waals surface area contributed by atoms with Crippen molar-refractivity contribution >= 4 is 47.0 Å². The Balaban J connectivity index is 0.000000360. The first-order valence-corrected chi connectivity index (χ1v) is 14.2. The molecule has 228 valence electrons. The van der Waals surface area contributed by atoms with E-state index in [4.69, 9.17) is 15.8 Å². The molecule has 0 spiro atoms. The molecule has 0 saturated carbocycles. The first-order valence-electron chi connectivity index (χ1n) is 12.5. The average molecular weight is 635 g/mol. The fourth-order valence-corrected chi connectivity index (χ4v) is 4.53. The summed E-state index contributed by atoms with van der Waals surface area (Å²) in [5, 5.41) is 8.08. The van der Waals surface area contributed by atoms with Gasteiger partial charge in [-0.3, -0.25) is 9.59 Å². The van der Waals surface area contributed by atoms with E-state index in [-0.39, 0.29) is 26.3 Å². The van der Waals surface area contributed by atoms with Gasteiger partial charge in [0.1, 0.15) is 22.3 Å². The zero-order valence-corrected chi connectivity index (χ0v) is 24.8. The lowest BCUT2D eigenvalue weighted by Crippen LogP contribution is -2.06. The largest absolute Gasteiger partial charge is 0.466 e. The van der Waals surface area contributed by atoms with Crippen LogP contribution >= 0.6 is 22.7 Å². The Morgan fingerprint density at radius 1 is 0.841 bits per heavy atom. The molecule has 44 heavy (non-hydrogen) atoms. The van der Waals surface area contributed by atoms with E-state index in [9.17, 15) is 14.4 Å². The Kier molecular flexibility index (Phi) is 17.8. The third-order valence-electron chi connectivity index (χ3n) is 4.69. The monoisotopic (exact) mass is 634 g/mol. The highest BCUT2D eigenvalue weighted by atomic mass is 32.1. The number of carbonyl (C=O) groups excluding carboxylic acids is 3. The van der Waals surface area contributed by atoms with Gasteiger partial charge in [-0.05, 0) is 31.0 Å². The Hall–Kier alpha value is -5.33. The van der Waals surface area contributed by atoms with Gasteiger partial charge >= 0.3 is 11.9 Å². The van der Waals surface area contributed by atoms with Crippen LogP contribution in [0, 0.1) is 0 Å². The van der Waals surface area contributed by atoms with Crippen LogP contribution < -0.4 is 0 Å². The summed E-state index contributed by atoms with van der Waals surface area (Å²) in [6.45, 7) is 3.69. The van der Waals surface area contributed by atoms with E-state index < -0.39 is 11.9 Å². The van der Waals surface area contributed by atoms with Gasteiger partial charge in [-0.25, -0.2) is 14.8 Å². The third-order valence-corrected chi connectivity index (χ3v) is 6.65. The van der Waals surface area contributed by atoms with Crippen molar-refractivity contribution in [2.45, 2.75) is 21.3 Å². The molecule has 0 atom stereocenters. The quantitative estimate of drug-likeness (QED) is 0.0419. The highest BCUT2D eigenvalue weighted by Gasteiger charge is 2.10. The normalized spacial score (nSPS) is 9.64. The molecule has 0 fully saturated rings. The lowest BCUT2D eigenvalue weighted by atomic mass is 10.2. The maximum absolute atomic E-state index is 11.6. The number of benzene rings is 2. The van der Waals surface area contributed by atoms with Crippen molar-refractivity contribution in [2.24, 2.45) is 10.2 Å². The fraction of sp³-hybridized carbons (Fsp3) is 0.207. The number of esters is 2. The molecule has 2 heterocycles. The predicted octanol–water partition coefficient (Wildman–Crippen LogP) is 8.14. The Morgan fingerprint density at radius 3 is 1.82 bits per heavy atom. The van der Waals surface area contributed by atoms with Crippen LogP contribution in [0.25, 0.3) is 48.1 Å². The molecule has 13 nitrogen and oxygen atoms in total. The summed E-state index contributed by atoms with van der Waals surface area (Å²) >= 11 is 2.80. The van der Waals surface area contributed by atoms with Crippen LogP contribution in [0.15, 0.2) is 89.0 Å². The molecule has 2 aromatic carbocycles. The number of hydrogen-bond acceptors (Lipinski definition) is 11. The molecule has 0 N–H and O–H groups in total. The zero-order valence-electron chi connectivity index (χ0n) is 23.1. The third kappa shape index (κ3) is 13.1. The molecular formula is C29H30N8O5S2. The number of azide groups is 2. The van der Waals surface area contributed by atoms with Crippen LogP contribution in [0.3, 0.4) is 0 Å². The van der Waals surface area contributed by atoms with Gasteiger partial charge in [0.05, 0.1) is 18.1 Å². The number of hydrogen-bond donors (Lipinski definition) is 0. The molecule has 0 unspecified atom stereocenters. The Morgan fingerprint density at radius 2 is 1.36 bits per heavy atom. The topological polar surface area (TPSA) is 193 Å². The van der Waals surface area contributed by atoms with E-state index in [1.807, 2.05) is 60.7 Å². The molecule has 15 heteroatoms. The summed E-state index contributed by atoms with van der Waals surface area (Å²) in [6, 6.07) is 19.5. The van der Waals surface area contributed by atoms with Crippen LogP contribution in [-0.4, -0.2) is 48.0 Å². The lowest BCUT2D eigenvalue weighted by molar-refractivity contribution is -0.141. The summed E-state index contributed by atoms with van der Waals surface area (Å²) in [5.41, 5.74) is 18.2. The van der Waals surface area contributed by atoms with Crippen molar-refractivity contribution in [1.82, 2.24) is 9.97 Å². The standard InChI is InChI=1S/C14H12N4O2S.C10H7NOS.C4H7N3O2.CH4/c1-2-20-14(19)12(17-18-15)8-11-9-16-13(21-11)10-6-4-3-5-7-10;12-7-9-6-11-10(13-9)8-4-2-1-3-5-8;1-2-9-4(8)3-6-7-5;/h3-9H,2H2,1H3;1-7H;2-3H2,1H3;1H4/b12-8-;;;. The second-order valence-corrected chi connectivity index (χ2v) is 9.74. The fourth-order valence-electron chi connectivity index (χ4n) is 2.94. The van der Waals surface area contributed by atoms with Gasteiger partial charge in [-0.2, -0.15) is 0 Å². The predicted molar refractivity (Wildman–Crippen MR) is 172 cm³/mol. The van der Waals surface area contributed by atoms with Crippen LogP contribution in [0.5, 0.6) is 0 Å². The number of rotatable bonds is 10. The Bertz CT molecular complexity index is 1590. The van der Waals surface area contributed by atoms with Gasteiger partial charge in [-0.15, -0.1) is 22.7 Å². The van der Waals surface area contributed by atoms with Crippen LogP contribution in [0.2, 0.25) is 0 Å². The summed E-state index contributed by atoms with van der Waals surface area (Å²) < 4.78 is 9.27. The van der Waals surface area contributed by atoms with Gasteiger partial charge in [0.25, 0.3) is 0 Å². The summed E-state index contributed by atoms with van der Waals surface area (Å²) in [6.07, 6.45) is 5.52. The minimum absolute atomic E-state index is 0. The van der Waals surface area contributed by atoms with Gasteiger partial charge in [-0.1, -0.05) is 78.3 Å². The van der Waals surface area contributed by atoms with Gasteiger partial charge in [0.2, 0.25) is 0 Å². The van der Waals surface area contributed by atoms with Crippen LogP contribution in [0.4, 0.5) is 0 Å². The van der Waals surface area contributed by atoms with Crippen molar-refractivity contribution in [3.05, 3.63) is 109 Å². The number of nitrogens with zero attached hydrogens (tertiary/aromatic N) is 8. The first-order chi connectivity index (χ1) is 20.9. The first kappa shape index (κ1) is 36.7. The lowest BCUT2D eigenvalue weighted by Gasteiger charge is -1.99. The number of ether oxygens (including phenoxy) is 2. The van der Waals surface area contributed by atoms with Crippen molar-refractivity contribution < 1.29 is 23.9 Å². The van der Waals surface area contributed by atoms with Gasteiger partial charge in [0, 0.05) is 38.2 Å². The number of thiazole rings is 2. The SMILES string of the molecule is C.CCOC(=O)/C(=C/c1cnc(-c2ccccc2)s1)N=[N+]=[N-].CCOC(=O)CN=[N+]=[N-].O=Cc1cnc(-c2ccccc2)s1. The van der Waals surface area contributed by atoms with Gasteiger partial charge in [0.15, 0.2) is 6.29 Å². The number of aldehydes is 1. The molecule has 0 saturated heterocycles. The summed E-state index contributed by atoms with van der Waals surface area (Å²) in [7, 11) is 0. The summed E-state index contributed by atoms with van der Waals surface area (Å²) in [5.74, 6) is -1.14. The molecule has 4 rings (SSSR count). The highest BCUT2D eigenvalue weighted by molar-refractivity contribution is 7.16. The maximum atomic E-state index is 11.6. The number of aromatic nitrogens is 2. The molecule has 0 aliphatic heterocycles. The molecular weight excluding hydrogens is 605 g/mol. The van der Waals surface area contributed by atoms with E-state index >= 15 is 0 Å². The van der Waals surface area contributed by atoms with E-state index in [0.717, 1.165) is 27.4 Å². The van der Waals surface area contributed by atoms with E-state index in [0.29, 0.717) is 16.4 Å². The molecule has 0 aliphatic carbocycles. The van der Waals surface area contributed by atoms with Crippen molar-refractivity contribution in [1.29, 1.82) is 0 Å². The number of carbonyl (C=O) groups is 3. The average Bonchev–Trinajstić information content (AvgIpc) is 3.72. The molecule has 0 radical (unpaired) electrons. The molecule has 2 aromatic heterocycles. The highest BCUT2D eigenvalue weighted by Crippen LogP contribution is 2.27. The van der Waals surface area contributed by atoms with Crippen LogP contribution in [0.1, 0.15) is 35.8 Å². The smallest absolute Gasteiger partial charge is 0.340 e. The van der Waals surface area contributed by atoms with Crippen molar-refractivity contribution in [3.63, 3.8) is 0 Å². The van der Waals surface area contributed by atoms with Crippen molar-refractivity contribution in [2.75, 3.05) is 19.8 Å². The van der Waals surface area contributed by atoms with Crippen LogP contribution in [-0.2, 0) is 19.1 Å². The maximum Gasteiger partial charge on any atom is 0.340 e. The minimum Gasteiger partial charge on any atom is -0.466 e. The van der Waals surface area contributed by atoms with Gasteiger partial charge < -0.3 is 9.47 Å². The molecule has 0 bridgehead atoms. The van der Waals surface area contributed by atoms with E-state index in [1.54, 1.807) is 26.2 Å². The molecule has 0 amide bonds. The zero-order chi connectivity index (χ0) is 31.3. The second kappa shape index (κ2) is 21.4. The summed E-state index contributed by atoms with van der Waals surface area (Å²) in [4.78, 5) is 47.2. The van der Waals surface area contributed by atoms with E-state index in [2.05, 4.69) is 34.8 Å². The van der Waals surface area contributed by atoms with Crippen molar-refractivity contribution in [3.8, 4) is 21.1 Å². The minimum atomic E-state index is -0.648. The molecule has 4 aromatic rings. The Labute approximate surface area is 262 Å². The second-order valence-electron chi connectivity index (χ2n) is 7.62. The van der Waals surface area contributed by atoms with E-state index in [1.165, 1.54) is 28.7 Å².